The van der Waals surface area contributed by atoms with E-state index in [1.54, 1.807) is 31.2 Å². The summed E-state index contributed by atoms with van der Waals surface area (Å²) < 4.78 is 18.8. The molecule has 0 N–H and O–H groups in total. The second-order valence-corrected chi connectivity index (χ2v) is 4.25. The number of ether oxygens (including phenoxy) is 1. The molecule has 18 heavy (non-hydrogen) atoms. The highest BCUT2D eigenvalue weighted by Gasteiger charge is 2.07. The minimum Gasteiger partial charge on any atom is -0.456 e. The van der Waals surface area contributed by atoms with Crippen LogP contribution in [0.2, 0.25) is 5.02 Å². The molecule has 0 saturated carbocycles. The molecule has 0 unspecified atom stereocenters. The lowest BCUT2D eigenvalue weighted by molar-refractivity contribution is 0.112. The second kappa shape index (κ2) is 5.19. The van der Waals surface area contributed by atoms with Crippen LogP contribution >= 0.6 is 11.6 Å². The molecular formula is C14H10ClFO2. The Morgan fingerprint density at radius 1 is 1.22 bits per heavy atom. The fraction of sp³-hybridized carbons (Fsp3) is 0.0714. The van der Waals surface area contributed by atoms with Gasteiger partial charge in [0.25, 0.3) is 0 Å². The number of hydrogen-bond donors (Lipinski definition) is 0. The maximum Gasteiger partial charge on any atom is 0.153 e. The molecule has 2 nitrogen and oxygen atoms in total. The van der Waals surface area contributed by atoms with Crippen LogP contribution in [-0.2, 0) is 0 Å². The van der Waals surface area contributed by atoms with E-state index in [1.165, 1.54) is 12.1 Å². The summed E-state index contributed by atoms with van der Waals surface area (Å²) in [4.78, 5) is 10.9. The topological polar surface area (TPSA) is 26.3 Å². The molecular weight excluding hydrogens is 255 g/mol. The molecule has 0 atom stereocenters. The van der Waals surface area contributed by atoms with Crippen LogP contribution in [0, 0.1) is 12.7 Å². The van der Waals surface area contributed by atoms with E-state index in [-0.39, 0.29) is 5.82 Å². The monoisotopic (exact) mass is 264 g/mol. The van der Waals surface area contributed by atoms with Crippen molar-refractivity contribution < 1.29 is 13.9 Å². The summed E-state index contributed by atoms with van der Waals surface area (Å²) in [5.41, 5.74) is 0.893. The number of aldehydes is 1. The summed E-state index contributed by atoms with van der Waals surface area (Å²) in [7, 11) is 0. The van der Waals surface area contributed by atoms with Gasteiger partial charge in [-0.05, 0) is 30.7 Å². The number of aryl methyl sites for hydroxylation is 1. The van der Waals surface area contributed by atoms with Gasteiger partial charge >= 0.3 is 0 Å². The largest absolute Gasteiger partial charge is 0.456 e. The molecule has 92 valence electrons. The molecule has 0 aliphatic rings. The zero-order valence-corrected chi connectivity index (χ0v) is 10.4. The van der Waals surface area contributed by atoms with E-state index in [1.807, 2.05) is 0 Å². The average Bonchev–Trinajstić information content (AvgIpc) is 2.34. The molecule has 0 radical (unpaired) electrons. The number of halogens is 2. The van der Waals surface area contributed by atoms with Crippen molar-refractivity contribution in [3.8, 4) is 11.5 Å². The standard InChI is InChI=1S/C14H10ClFO2/c1-9-2-5-12(7-13(9)16)18-14-6-11(15)4-3-10(14)8-17/h2-8H,1H3. The SMILES string of the molecule is Cc1ccc(Oc2cc(Cl)ccc2C=O)cc1F. The van der Waals surface area contributed by atoms with E-state index < -0.39 is 0 Å². The normalized spacial score (nSPS) is 10.2. The Labute approximate surface area is 109 Å². The fourth-order valence-electron chi connectivity index (χ4n) is 1.46. The summed E-state index contributed by atoms with van der Waals surface area (Å²) in [5.74, 6) is 0.270. The van der Waals surface area contributed by atoms with Gasteiger partial charge in [-0.2, -0.15) is 0 Å². The summed E-state index contributed by atoms with van der Waals surface area (Å²) in [6, 6.07) is 9.17. The zero-order valence-electron chi connectivity index (χ0n) is 9.61. The number of carbonyl (C=O) groups is 1. The smallest absolute Gasteiger partial charge is 0.153 e. The Bertz CT molecular complexity index is 596. The molecule has 0 bridgehead atoms. The highest BCUT2D eigenvalue weighted by Crippen LogP contribution is 2.28. The minimum atomic E-state index is -0.359. The molecule has 0 aliphatic heterocycles. The van der Waals surface area contributed by atoms with E-state index in [2.05, 4.69) is 0 Å². The summed E-state index contributed by atoms with van der Waals surface area (Å²) in [6.45, 7) is 1.66. The quantitative estimate of drug-likeness (QED) is 0.769. The first-order valence-electron chi connectivity index (χ1n) is 5.29. The van der Waals surface area contributed by atoms with Gasteiger partial charge in [-0.3, -0.25) is 4.79 Å². The molecule has 2 aromatic carbocycles. The van der Waals surface area contributed by atoms with Gasteiger partial charge in [-0.1, -0.05) is 17.7 Å². The summed E-state index contributed by atoms with van der Waals surface area (Å²) in [6.07, 6.45) is 0.663. The molecule has 4 heteroatoms. The first-order valence-corrected chi connectivity index (χ1v) is 5.66. The Kier molecular flexibility index (Phi) is 3.63. The van der Waals surface area contributed by atoms with E-state index in [0.717, 1.165) is 0 Å². The van der Waals surface area contributed by atoms with Crippen molar-refractivity contribution in [3.63, 3.8) is 0 Å². The average molecular weight is 265 g/mol. The van der Waals surface area contributed by atoms with Gasteiger partial charge in [0.05, 0.1) is 5.56 Å². The predicted molar refractivity (Wildman–Crippen MR) is 68.1 cm³/mol. The Balaban J connectivity index is 2.35. The number of rotatable bonds is 3. The molecule has 0 saturated heterocycles. The molecule has 0 amide bonds. The van der Waals surface area contributed by atoms with Crippen LogP contribution in [0.15, 0.2) is 36.4 Å². The van der Waals surface area contributed by atoms with Crippen LogP contribution < -0.4 is 4.74 Å². The Morgan fingerprint density at radius 2 is 2.00 bits per heavy atom. The zero-order chi connectivity index (χ0) is 13.1. The van der Waals surface area contributed by atoms with Crippen LogP contribution in [0.25, 0.3) is 0 Å². The molecule has 0 spiro atoms. The van der Waals surface area contributed by atoms with Gasteiger partial charge in [0.2, 0.25) is 0 Å². The van der Waals surface area contributed by atoms with Crippen molar-refractivity contribution in [1.82, 2.24) is 0 Å². The molecule has 0 fully saturated rings. The Morgan fingerprint density at radius 3 is 2.67 bits per heavy atom. The maximum absolute atomic E-state index is 13.4. The second-order valence-electron chi connectivity index (χ2n) is 3.81. The van der Waals surface area contributed by atoms with E-state index in [9.17, 15) is 9.18 Å². The van der Waals surface area contributed by atoms with Gasteiger partial charge in [-0.25, -0.2) is 4.39 Å². The van der Waals surface area contributed by atoms with E-state index in [4.69, 9.17) is 16.3 Å². The molecule has 2 rings (SSSR count). The van der Waals surface area contributed by atoms with Crippen LogP contribution in [0.3, 0.4) is 0 Å². The number of benzene rings is 2. The summed E-state index contributed by atoms with van der Waals surface area (Å²) >= 11 is 5.83. The van der Waals surface area contributed by atoms with Gasteiger partial charge in [0.15, 0.2) is 6.29 Å². The molecule has 0 aromatic heterocycles. The van der Waals surface area contributed by atoms with Crippen LogP contribution in [-0.4, -0.2) is 6.29 Å². The van der Waals surface area contributed by atoms with Gasteiger partial charge in [0.1, 0.15) is 17.3 Å². The van der Waals surface area contributed by atoms with Crippen molar-refractivity contribution in [2.24, 2.45) is 0 Å². The van der Waals surface area contributed by atoms with Gasteiger partial charge < -0.3 is 4.74 Å². The van der Waals surface area contributed by atoms with E-state index in [0.29, 0.717) is 33.9 Å². The first-order chi connectivity index (χ1) is 8.60. The van der Waals surface area contributed by atoms with Crippen LogP contribution in [0.4, 0.5) is 4.39 Å². The maximum atomic E-state index is 13.4. The lowest BCUT2D eigenvalue weighted by Gasteiger charge is -2.09. The van der Waals surface area contributed by atoms with Crippen LogP contribution in [0.5, 0.6) is 11.5 Å². The predicted octanol–water partition coefficient (Wildman–Crippen LogP) is 4.39. The third-order valence-electron chi connectivity index (χ3n) is 2.47. The Hall–Kier alpha value is -1.87. The lowest BCUT2D eigenvalue weighted by atomic mass is 10.2. The molecule has 0 heterocycles. The van der Waals surface area contributed by atoms with Crippen molar-refractivity contribution in [2.45, 2.75) is 6.92 Å². The fourth-order valence-corrected chi connectivity index (χ4v) is 1.62. The van der Waals surface area contributed by atoms with Gasteiger partial charge in [-0.15, -0.1) is 0 Å². The van der Waals surface area contributed by atoms with E-state index >= 15 is 0 Å². The van der Waals surface area contributed by atoms with Crippen molar-refractivity contribution >= 4 is 17.9 Å². The number of carbonyl (C=O) groups excluding carboxylic acids is 1. The van der Waals surface area contributed by atoms with Gasteiger partial charge in [0, 0.05) is 17.2 Å². The molecule has 2 aromatic rings. The highest BCUT2D eigenvalue weighted by atomic mass is 35.5. The van der Waals surface area contributed by atoms with Crippen molar-refractivity contribution in [1.29, 1.82) is 0 Å². The summed E-state index contributed by atoms with van der Waals surface area (Å²) in [5, 5.41) is 0.447. The first kappa shape index (κ1) is 12.6. The third kappa shape index (κ3) is 2.68. The number of hydrogen-bond acceptors (Lipinski definition) is 2. The molecule has 0 aliphatic carbocycles. The minimum absolute atomic E-state index is 0.306. The van der Waals surface area contributed by atoms with Crippen molar-refractivity contribution in [3.05, 3.63) is 58.4 Å². The lowest BCUT2D eigenvalue weighted by Crippen LogP contribution is -1.92. The highest BCUT2D eigenvalue weighted by molar-refractivity contribution is 6.30. The third-order valence-corrected chi connectivity index (χ3v) is 2.71. The van der Waals surface area contributed by atoms with Crippen molar-refractivity contribution in [2.75, 3.05) is 0 Å². The van der Waals surface area contributed by atoms with Crippen LogP contribution in [0.1, 0.15) is 15.9 Å².